The Kier molecular flexibility index (Phi) is 6.86. The predicted molar refractivity (Wildman–Crippen MR) is 79.1 cm³/mol. The molecule has 0 aliphatic heterocycles. The Morgan fingerprint density at radius 1 is 1.29 bits per heavy atom. The van der Waals surface area contributed by atoms with E-state index in [0.717, 1.165) is 18.2 Å². The van der Waals surface area contributed by atoms with Gasteiger partial charge >= 0.3 is 0 Å². The minimum Gasteiger partial charge on any atom is -0.370 e. The molecule has 0 saturated heterocycles. The van der Waals surface area contributed by atoms with E-state index in [1.165, 1.54) is 17.9 Å². The van der Waals surface area contributed by atoms with Gasteiger partial charge in [0, 0.05) is 12.6 Å². The quantitative estimate of drug-likeness (QED) is 0.696. The Morgan fingerprint density at radius 2 is 2.06 bits per heavy atom. The predicted octanol–water partition coefficient (Wildman–Crippen LogP) is 3.46. The molecule has 0 saturated carbocycles. The number of nitrogens with one attached hydrogen (secondary N) is 2. The molecule has 0 aromatic carbocycles. The molecule has 0 radical (unpaired) electrons. The lowest BCUT2D eigenvalue weighted by Crippen LogP contribution is -2.17. The lowest BCUT2D eigenvalue weighted by atomic mass is 10.2. The number of thioether (sulfide) groups is 1. The molecule has 17 heavy (non-hydrogen) atoms. The first-order valence-corrected chi connectivity index (χ1v) is 7.47. The third-order valence-corrected chi connectivity index (χ3v) is 3.33. The number of pyridine rings is 1. The molecule has 1 atom stereocenters. The molecule has 0 amide bonds. The molecule has 0 aliphatic carbocycles. The molecule has 0 spiro atoms. The van der Waals surface area contributed by atoms with Crippen LogP contribution >= 0.6 is 11.8 Å². The second-order valence-corrected chi connectivity index (χ2v) is 5.36. The van der Waals surface area contributed by atoms with Crippen molar-refractivity contribution in [2.75, 3.05) is 28.7 Å². The number of rotatable bonds is 8. The molecule has 1 heterocycles. The van der Waals surface area contributed by atoms with Gasteiger partial charge in [0.1, 0.15) is 11.6 Å². The highest BCUT2D eigenvalue weighted by Gasteiger charge is 2.03. The summed E-state index contributed by atoms with van der Waals surface area (Å²) in [4.78, 5) is 4.50. The summed E-state index contributed by atoms with van der Waals surface area (Å²) in [7, 11) is 0. The second-order valence-electron chi connectivity index (χ2n) is 3.97. The smallest absolute Gasteiger partial charge is 0.128 e. The van der Waals surface area contributed by atoms with Crippen LogP contribution in [-0.4, -0.2) is 29.1 Å². The van der Waals surface area contributed by atoms with Crippen LogP contribution in [0.1, 0.15) is 27.2 Å². The van der Waals surface area contributed by atoms with Gasteiger partial charge in [0.25, 0.3) is 0 Å². The average Bonchev–Trinajstić information content (AvgIpc) is 2.30. The van der Waals surface area contributed by atoms with E-state index in [-0.39, 0.29) is 0 Å². The third-order valence-electron chi connectivity index (χ3n) is 2.40. The lowest BCUT2D eigenvalue weighted by Gasteiger charge is -2.14. The molecule has 4 heteroatoms. The zero-order valence-corrected chi connectivity index (χ0v) is 11.8. The molecule has 1 rings (SSSR count). The first-order chi connectivity index (χ1) is 8.26. The Morgan fingerprint density at radius 3 is 2.76 bits per heavy atom. The van der Waals surface area contributed by atoms with E-state index < -0.39 is 0 Å². The number of aromatic nitrogens is 1. The van der Waals surface area contributed by atoms with Gasteiger partial charge in [-0.3, -0.25) is 0 Å². The minimum absolute atomic E-state index is 0.471. The molecule has 0 bridgehead atoms. The summed E-state index contributed by atoms with van der Waals surface area (Å²) < 4.78 is 0. The largest absolute Gasteiger partial charge is 0.370 e. The Hall–Kier alpha value is -0.900. The van der Waals surface area contributed by atoms with E-state index >= 15 is 0 Å². The van der Waals surface area contributed by atoms with E-state index in [0.29, 0.717) is 6.04 Å². The van der Waals surface area contributed by atoms with Crippen LogP contribution in [0.5, 0.6) is 0 Å². The van der Waals surface area contributed by atoms with Crippen LogP contribution in [0.4, 0.5) is 11.6 Å². The number of anilines is 2. The van der Waals surface area contributed by atoms with E-state index in [2.05, 4.69) is 36.4 Å². The lowest BCUT2D eigenvalue weighted by molar-refractivity contribution is 0.767. The van der Waals surface area contributed by atoms with Crippen LogP contribution < -0.4 is 10.6 Å². The normalized spacial score (nSPS) is 12.2. The standard InChI is InChI=1S/C13H23N3S/c1-4-14-12-7-6-8-13(16-12)15-11(3)9-10-17-5-2/h6-8,11H,4-5,9-10H2,1-3H3,(H2,14,15,16). The maximum atomic E-state index is 4.50. The highest BCUT2D eigenvalue weighted by molar-refractivity contribution is 7.99. The van der Waals surface area contributed by atoms with Crippen molar-refractivity contribution in [2.24, 2.45) is 0 Å². The van der Waals surface area contributed by atoms with Gasteiger partial charge in [-0.15, -0.1) is 0 Å². The number of hydrogen-bond acceptors (Lipinski definition) is 4. The zero-order chi connectivity index (χ0) is 12.5. The highest BCUT2D eigenvalue weighted by atomic mass is 32.2. The van der Waals surface area contributed by atoms with Crippen molar-refractivity contribution < 1.29 is 0 Å². The summed E-state index contributed by atoms with van der Waals surface area (Å²) in [6, 6.07) is 6.51. The Labute approximate surface area is 109 Å². The summed E-state index contributed by atoms with van der Waals surface area (Å²) >= 11 is 1.99. The van der Waals surface area contributed by atoms with Crippen molar-refractivity contribution in [1.29, 1.82) is 0 Å². The molecule has 1 unspecified atom stereocenters. The fraction of sp³-hybridized carbons (Fsp3) is 0.615. The van der Waals surface area contributed by atoms with Gasteiger partial charge in [-0.25, -0.2) is 4.98 Å². The Bertz CT molecular complexity index is 317. The van der Waals surface area contributed by atoms with Crippen LogP contribution in [0, 0.1) is 0 Å². The SMILES string of the molecule is CCNc1cccc(NC(C)CCSCC)n1. The zero-order valence-electron chi connectivity index (χ0n) is 11.0. The first kappa shape index (κ1) is 14.2. The molecule has 0 aliphatic rings. The molecule has 1 aromatic heterocycles. The maximum Gasteiger partial charge on any atom is 0.128 e. The first-order valence-electron chi connectivity index (χ1n) is 6.31. The van der Waals surface area contributed by atoms with Gasteiger partial charge in [-0.05, 0) is 43.9 Å². The van der Waals surface area contributed by atoms with Crippen molar-refractivity contribution in [1.82, 2.24) is 4.98 Å². The van der Waals surface area contributed by atoms with Crippen molar-refractivity contribution in [3.8, 4) is 0 Å². The van der Waals surface area contributed by atoms with Gasteiger partial charge < -0.3 is 10.6 Å². The van der Waals surface area contributed by atoms with Crippen molar-refractivity contribution in [3.05, 3.63) is 18.2 Å². The van der Waals surface area contributed by atoms with Crippen LogP contribution in [0.15, 0.2) is 18.2 Å². The van der Waals surface area contributed by atoms with Crippen LogP contribution in [-0.2, 0) is 0 Å². The van der Waals surface area contributed by atoms with Gasteiger partial charge in [-0.1, -0.05) is 13.0 Å². The van der Waals surface area contributed by atoms with Crippen LogP contribution in [0.3, 0.4) is 0 Å². The molecule has 3 nitrogen and oxygen atoms in total. The van der Waals surface area contributed by atoms with Gasteiger partial charge in [0.2, 0.25) is 0 Å². The topological polar surface area (TPSA) is 37.0 Å². The summed E-state index contributed by atoms with van der Waals surface area (Å²) in [5, 5.41) is 6.65. The van der Waals surface area contributed by atoms with E-state index in [4.69, 9.17) is 0 Å². The number of nitrogens with zero attached hydrogens (tertiary/aromatic N) is 1. The summed E-state index contributed by atoms with van der Waals surface area (Å²) in [6.07, 6.45) is 1.17. The monoisotopic (exact) mass is 253 g/mol. The fourth-order valence-electron chi connectivity index (χ4n) is 1.52. The van der Waals surface area contributed by atoms with Crippen LogP contribution in [0.25, 0.3) is 0 Å². The second kappa shape index (κ2) is 8.23. The van der Waals surface area contributed by atoms with Crippen LogP contribution in [0.2, 0.25) is 0 Å². The third kappa shape index (κ3) is 5.82. The minimum atomic E-state index is 0.471. The molecule has 96 valence electrons. The van der Waals surface area contributed by atoms with Gasteiger partial charge in [0.15, 0.2) is 0 Å². The van der Waals surface area contributed by atoms with Crippen molar-refractivity contribution >= 4 is 23.4 Å². The summed E-state index contributed by atoms with van der Waals surface area (Å²) in [5.41, 5.74) is 0. The van der Waals surface area contributed by atoms with E-state index in [1.807, 2.05) is 30.0 Å². The van der Waals surface area contributed by atoms with Gasteiger partial charge in [-0.2, -0.15) is 11.8 Å². The molecule has 1 aromatic rings. The molecular formula is C13H23N3S. The van der Waals surface area contributed by atoms with Crippen molar-refractivity contribution in [2.45, 2.75) is 33.2 Å². The molecule has 0 fully saturated rings. The van der Waals surface area contributed by atoms with Gasteiger partial charge in [0.05, 0.1) is 0 Å². The molecular weight excluding hydrogens is 230 g/mol. The molecule has 2 N–H and O–H groups in total. The Balaban J connectivity index is 2.41. The summed E-state index contributed by atoms with van der Waals surface area (Å²) in [6.45, 7) is 7.38. The maximum absolute atomic E-state index is 4.50. The van der Waals surface area contributed by atoms with Crippen molar-refractivity contribution in [3.63, 3.8) is 0 Å². The summed E-state index contributed by atoms with van der Waals surface area (Å²) in [5.74, 6) is 4.29. The highest BCUT2D eigenvalue weighted by Crippen LogP contribution is 2.12. The van der Waals surface area contributed by atoms with E-state index in [9.17, 15) is 0 Å². The number of hydrogen-bond donors (Lipinski definition) is 2. The fourth-order valence-corrected chi connectivity index (χ4v) is 2.33. The average molecular weight is 253 g/mol. The van der Waals surface area contributed by atoms with E-state index in [1.54, 1.807) is 0 Å².